The fraction of sp³-hybridized carbons (Fsp3) is 0. The van der Waals surface area contributed by atoms with Crippen molar-refractivity contribution in [2.45, 2.75) is 9.79 Å². The van der Waals surface area contributed by atoms with Crippen LogP contribution < -0.4 is 4.90 Å². The fourth-order valence-electron chi connectivity index (χ4n) is 3.75. The lowest BCUT2D eigenvalue weighted by atomic mass is 10.1. The highest BCUT2D eigenvalue weighted by Crippen LogP contribution is 2.51. The van der Waals surface area contributed by atoms with Gasteiger partial charge in [0, 0.05) is 9.79 Å². The summed E-state index contributed by atoms with van der Waals surface area (Å²) in [7, 11) is 0. The largest absolute Gasteiger partial charge is 0.306 e. The lowest BCUT2D eigenvalue weighted by molar-refractivity contribution is 0.765. The lowest BCUT2D eigenvalue weighted by Crippen LogP contribution is -2.17. The molecule has 0 bridgehead atoms. The summed E-state index contributed by atoms with van der Waals surface area (Å²) >= 11 is 1.81. The molecule has 1 aliphatic heterocycles. The Kier molecular flexibility index (Phi) is 3.67. The maximum absolute atomic E-state index is 4.72. The van der Waals surface area contributed by atoms with Crippen molar-refractivity contribution in [1.82, 2.24) is 15.0 Å². The van der Waals surface area contributed by atoms with Crippen molar-refractivity contribution >= 4 is 39.9 Å². The van der Waals surface area contributed by atoms with Crippen LogP contribution in [0.25, 0.3) is 16.7 Å². The predicted molar refractivity (Wildman–Crippen MR) is 118 cm³/mol. The van der Waals surface area contributed by atoms with Gasteiger partial charge in [0.15, 0.2) is 0 Å². The summed E-state index contributed by atoms with van der Waals surface area (Å²) in [5.41, 5.74) is 6.10. The van der Waals surface area contributed by atoms with Gasteiger partial charge in [0.2, 0.25) is 0 Å². The van der Waals surface area contributed by atoms with E-state index in [-0.39, 0.29) is 0 Å². The van der Waals surface area contributed by atoms with Gasteiger partial charge in [-0.15, -0.1) is 15.0 Å². The Morgan fingerprint density at radius 3 is 1.52 bits per heavy atom. The molecule has 4 aromatic carbocycles. The Morgan fingerprint density at radius 1 is 0.483 bits per heavy atom. The molecule has 0 saturated heterocycles. The molecular formula is C24H16N4S. The molecule has 138 valence electrons. The van der Waals surface area contributed by atoms with Crippen LogP contribution in [0.2, 0.25) is 0 Å². The van der Waals surface area contributed by atoms with Crippen molar-refractivity contribution in [1.29, 1.82) is 0 Å². The van der Waals surface area contributed by atoms with E-state index in [4.69, 9.17) is 10.2 Å². The zero-order valence-corrected chi connectivity index (χ0v) is 16.3. The maximum atomic E-state index is 4.72. The summed E-state index contributed by atoms with van der Waals surface area (Å²) in [5.74, 6) is 0. The third-order valence-corrected chi connectivity index (χ3v) is 6.19. The molecule has 6 rings (SSSR count). The van der Waals surface area contributed by atoms with Gasteiger partial charge in [0.05, 0.1) is 17.1 Å². The monoisotopic (exact) mass is 392 g/mol. The number of benzene rings is 4. The van der Waals surface area contributed by atoms with Crippen LogP contribution in [0, 0.1) is 0 Å². The number of hydrogen-bond donors (Lipinski definition) is 0. The Balaban J connectivity index is 1.61. The molecule has 0 atom stereocenters. The second kappa shape index (κ2) is 6.50. The number of aromatic nitrogens is 3. The molecule has 0 radical (unpaired) electrons. The van der Waals surface area contributed by atoms with E-state index in [1.165, 1.54) is 21.2 Å². The van der Waals surface area contributed by atoms with Crippen LogP contribution in [0.4, 0.5) is 17.1 Å². The van der Waals surface area contributed by atoms with Crippen LogP contribution in [0.5, 0.6) is 0 Å². The van der Waals surface area contributed by atoms with Gasteiger partial charge in [-0.25, -0.2) is 0 Å². The van der Waals surface area contributed by atoms with Crippen molar-refractivity contribution < 1.29 is 0 Å². The zero-order valence-electron chi connectivity index (χ0n) is 15.4. The van der Waals surface area contributed by atoms with Crippen LogP contribution in [-0.4, -0.2) is 15.0 Å². The molecule has 29 heavy (non-hydrogen) atoms. The molecule has 1 aromatic heterocycles. The number of para-hydroxylation sites is 4. The van der Waals surface area contributed by atoms with Gasteiger partial charge in [0.1, 0.15) is 16.7 Å². The maximum Gasteiger partial charge on any atom is 0.113 e. The first-order valence-corrected chi connectivity index (χ1v) is 10.3. The summed E-state index contributed by atoms with van der Waals surface area (Å²) in [6, 6.07) is 33.3. The van der Waals surface area contributed by atoms with Gasteiger partial charge in [-0.2, -0.15) is 0 Å². The molecule has 0 saturated carbocycles. The molecule has 5 heteroatoms. The molecule has 0 spiro atoms. The van der Waals surface area contributed by atoms with E-state index in [1.807, 2.05) is 30.3 Å². The summed E-state index contributed by atoms with van der Waals surface area (Å²) in [4.78, 5) is 6.52. The molecule has 0 aliphatic carbocycles. The Morgan fingerprint density at radius 2 is 0.931 bits per heavy atom. The molecule has 1 aliphatic rings. The van der Waals surface area contributed by atoms with Crippen LogP contribution >= 0.6 is 11.8 Å². The van der Waals surface area contributed by atoms with Crippen LogP contribution in [0.15, 0.2) is 107 Å². The molecule has 2 heterocycles. The van der Waals surface area contributed by atoms with Crippen molar-refractivity contribution in [3.8, 4) is 5.69 Å². The van der Waals surface area contributed by atoms with Gasteiger partial charge in [-0.1, -0.05) is 60.3 Å². The highest BCUT2D eigenvalue weighted by molar-refractivity contribution is 7.99. The van der Waals surface area contributed by atoms with E-state index < -0.39 is 0 Å². The van der Waals surface area contributed by atoms with E-state index in [2.05, 4.69) is 71.6 Å². The first-order chi connectivity index (χ1) is 14.4. The lowest BCUT2D eigenvalue weighted by Gasteiger charge is -2.33. The summed E-state index contributed by atoms with van der Waals surface area (Å²) in [6.45, 7) is 0. The average molecular weight is 392 g/mol. The number of nitrogens with zero attached hydrogens (tertiary/aromatic N) is 4. The van der Waals surface area contributed by atoms with E-state index in [9.17, 15) is 0 Å². The topological polar surface area (TPSA) is 34.0 Å². The number of fused-ring (bicyclic) bond motifs is 3. The SMILES string of the molecule is c1ccc2c(c1)Sc1ccccc1N2c1ccccc1-n1nc2ccccc2n1. The molecule has 5 aromatic rings. The summed E-state index contributed by atoms with van der Waals surface area (Å²) in [5, 5.41) is 9.45. The molecule has 0 fully saturated rings. The van der Waals surface area contributed by atoms with E-state index in [0.717, 1.165) is 22.4 Å². The fourth-order valence-corrected chi connectivity index (χ4v) is 4.81. The highest BCUT2D eigenvalue weighted by atomic mass is 32.2. The van der Waals surface area contributed by atoms with Crippen LogP contribution in [0.3, 0.4) is 0 Å². The third kappa shape index (κ3) is 2.62. The van der Waals surface area contributed by atoms with Gasteiger partial charge in [-0.3, -0.25) is 0 Å². The molecular weight excluding hydrogens is 376 g/mol. The molecule has 0 unspecified atom stereocenters. The Labute approximate surface area is 172 Å². The van der Waals surface area contributed by atoms with Gasteiger partial charge in [0.25, 0.3) is 0 Å². The second-order valence-corrected chi connectivity index (χ2v) is 7.92. The zero-order chi connectivity index (χ0) is 19.2. The Hall–Kier alpha value is -3.57. The van der Waals surface area contributed by atoms with E-state index in [0.29, 0.717) is 0 Å². The molecule has 0 N–H and O–H groups in total. The summed E-state index contributed by atoms with van der Waals surface area (Å²) in [6.07, 6.45) is 0. The van der Waals surface area contributed by atoms with Crippen LogP contribution in [-0.2, 0) is 0 Å². The van der Waals surface area contributed by atoms with Gasteiger partial charge in [-0.05, 0) is 48.5 Å². The van der Waals surface area contributed by atoms with Crippen molar-refractivity contribution in [2.75, 3.05) is 4.90 Å². The number of rotatable bonds is 2. The quantitative estimate of drug-likeness (QED) is 0.344. The first-order valence-electron chi connectivity index (χ1n) is 9.46. The van der Waals surface area contributed by atoms with Crippen molar-refractivity contribution in [3.05, 3.63) is 97.1 Å². The molecule has 4 nitrogen and oxygen atoms in total. The number of anilines is 3. The standard InChI is InChI=1S/C24H16N4S/c1-2-10-18-17(9-1)25-28(26-18)20-12-4-3-11-19(20)27-21-13-5-7-15-23(21)29-24-16-8-6-14-22(24)27/h1-16H. The molecule has 0 amide bonds. The minimum absolute atomic E-state index is 0.886. The normalized spacial score (nSPS) is 12.6. The predicted octanol–water partition coefficient (Wildman–Crippen LogP) is 6.35. The second-order valence-electron chi connectivity index (χ2n) is 6.84. The van der Waals surface area contributed by atoms with E-state index >= 15 is 0 Å². The van der Waals surface area contributed by atoms with Crippen molar-refractivity contribution in [3.63, 3.8) is 0 Å². The minimum atomic E-state index is 0.886. The number of hydrogen-bond acceptors (Lipinski definition) is 4. The van der Waals surface area contributed by atoms with Gasteiger partial charge < -0.3 is 4.90 Å². The van der Waals surface area contributed by atoms with Gasteiger partial charge >= 0.3 is 0 Å². The Bertz CT molecular complexity index is 1280. The third-order valence-electron chi connectivity index (χ3n) is 5.06. The van der Waals surface area contributed by atoms with E-state index in [1.54, 1.807) is 16.6 Å². The van der Waals surface area contributed by atoms with Crippen LogP contribution in [0.1, 0.15) is 0 Å². The smallest absolute Gasteiger partial charge is 0.113 e. The summed E-state index contributed by atoms with van der Waals surface area (Å²) < 4.78 is 0. The minimum Gasteiger partial charge on any atom is -0.306 e. The van der Waals surface area contributed by atoms with Crippen molar-refractivity contribution in [2.24, 2.45) is 0 Å². The highest BCUT2D eigenvalue weighted by Gasteiger charge is 2.26. The first kappa shape index (κ1) is 16.4. The average Bonchev–Trinajstić information content (AvgIpc) is 3.21.